The third-order valence-corrected chi connectivity index (χ3v) is 3.25. The fourth-order valence-corrected chi connectivity index (χ4v) is 1.76. The summed E-state index contributed by atoms with van der Waals surface area (Å²) in [5.74, 6) is -0.342. The van der Waals surface area contributed by atoms with E-state index in [0.717, 1.165) is 0 Å². The average Bonchev–Trinajstić information content (AvgIpc) is 2.48. The molecule has 0 saturated carbocycles. The lowest BCUT2D eigenvalue weighted by atomic mass is 10.1. The fraction of sp³-hybridized carbons (Fsp3) is 0.467. The summed E-state index contributed by atoms with van der Waals surface area (Å²) in [7, 11) is 0. The van der Waals surface area contributed by atoms with Gasteiger partial charge in [0.25, 0.3) is 5.91 Å². The minimum Gasteiger partial charge on any atom is -0.339 e. The molecular formula is C15H23N3O2. The van der Waals surface area contributed by atoms with Gasteiger partial charge in [0, 0.05) is 36.8 Å². The topological polar surface area (TPSA) is 75.4 Å². The van der Waals surface area contributed by atoms with Crippen LogP contribution >= 0.6 is 0 Å². The zero-order chi connectivity index (χ0) is 15.1. The van der Waals surface area contributed by atoms with Crippen LogP contribution in [0.4, 0.5) is 5.69 Å². The molecule has 0 saturated heterocycles. The van der Waals surface area contributed by atoms with Gasteiger partial charge < -0.3 is 16.0 Å². The van der Waals surface area contributed by atoms with E-state index in [1.165, 1.54) is 0 Å². The molecule has 0 fully saturated rings. The summed E-state index contributed by atoms with van der Waals surface area (Å²) in [5.41, 5.74) is 6.74. The Morgan fingerprint density at radius 2 is 1.75 bits per heavy atom. The van der Waals surface area contributed by atoms with Crippen LogP contribution in [0.5, 0.6) is 0 Å². The van der Waals surface area contributed by atoms with Crippen LogP contribution in [0.2, 0.25) is 0 Å². The van der Waals surface area contributed by atoms with E-state index < -0.39 is 0 Å². The lowest BCUT2D eigenvalue weighted by Crippen LogP contribution is -2.30. The lowest BCUT2D eigenvalue weighted by Gasteiger charge is -2.18. The van der Waals surface area contributed by atoms with Crippen LogP contribution in [-0.4, -0.2) is 36.3 Å². The lowest BCUT2D eigenvalue weighted by molar-refractivity contribution is -0.119. The van der Waals surface area contributed by atoms with E-state index in [4.69, 9.17) is 5.73 Å². The average molecular weight is 277 g/mol. The van der Waals surface area contributed by atoms with Crippen LogP contribution in [0.25, 0.3) is 0 Å². The van der Waals surface area contributed by atoms with Crippen LogP contribution in [-0.2, 0) is 4.79 Å². The predicted molar refractivity (Wildman–Crippen MR) is 80.5 cm³/mol. The smallest absolute Gasteiger partial charge is 0.253 e. The maximum absolute atomic E-state index is 12.1. The van der Waals surface area contributed by atoms with Gasteiger partial charge in [0.05, 0.1) is 0 Å². The molecule has 2 amide bonds. The van der Waals surface area contributed by atoms with Crippen molar-refractivity contribution in [2.45, 2.75) is 20.8 Å². The first-order valence-corrected chi connectivity index (χ1v) is 6.93. The second kappa shape index (κ2) is 7.65. The Morgan fingerprint density at radius 3 is 2.20 bits per heavy atom. The number of nitrogens with one attached hydrogen (secondary N) is 1. The number of nitrogens with two attached hydrogens (primary N) is 1. The van der Waals surface area contributed by atoms with Crippen LogP contribution in [0.15, 0.2) is 24.3 Å². The Labute approximate surface area is 120 Å². The van der Waals surface area contributed by atoms with E-state index in [-0.39, 0.29) is 17.7 Å². The molecule has 1 aromatic rings. The molecule has 0 bridgehead atoms. The van der Waals surface area contributed by atoms with Gasteiger partial charge in [-0.2, -0.15) is 0 Å². The Bertz CT molecular complexity index is 453. The second-order valence-corrected chi connectivity index (χ2v) is 4.68. The molecule has 0 spiro atoms. The number of benzene rings is 1. The zero-order valence-electron chi connectivity index (χ0n) is 12.3. The van der Waals surface area contributed by atoms with Crippen LogP contribution in [0.1, 0.15) is 31.1 Å². The molecule has 0 aromatic heterocycles. The number of amides is 2. The highest BCUT2D eigenvalue weighted by molar-refractivity contribution is 5.96. The molecule has 5 heteroatoms. The van der Waals surface area contributed by atoms with Crippen molar-refractivity contribution in [3.05, 3.63) is 29.8 Å². The number of carbonyl (C=O) groups is 2. The molecule has 20 heavy (non-hydrogen) atoms. The minimum atomic E-state index is -0.230. The van der Waals surface area contributed by atoms with Gasteiger partial charge in [-0.3, -0.25) is 9.59 Å². The molecule has 3 N–H and O–H groups in total. The number of anilines is 1. The summed E-state index contributed by atoms with van der Waals surface area (Å²) >= 11 is 0. The summed E-state index contributed by atoms with van der Waals surface area (Å²) in [6, 6.07) is 6.92. The normalized spacial score (nSPS) is 11.8. The summed E-state index contributed by atoms with van der Waals surface area (Å²) in [4.78, 5) is 25.6. The molecule has 1 rings (SSSR count). The van der Waals surface area contributed by atoms with Crippen molar-refractivity contribution in [2.24, 2.45) is 11.7 Å². The summed E-state index contributed by atoms with van der Waals surface area (Å²) < 4.78 is 0. The standard InChI is InChI=1S/C15H23N3O2/c1-4-18(5-2)15(20)12-6-8-13(9-7-12)17-14(19)11(3)10-16/h6-9,11H,4-5,10,16H2,1-3H3,(H,17,19). The molecule has 5 nitrogen and oxygen atoms in total. The van der Waals surface area contributed by atoms with Crippen LogP contribution < -0.4 is 11.1 Å². The van der Waals surface area contributed by atoms with E-state index >= 15 is 0 Å². The highest BCUT2D eigenvalue weighted by Crippen LogP contribution is 2.12. The SMILES string of the molecule is CCN(CC)C(=O)c1ccc(NC(=O)C(C)CN)cc1. The van der Waals surface area contributed by atoms with Crippen molar-refractivity contribution >= 4 is 17.5 Å². The minimum absolute atomic E-state index is 0.00297. The first-order chi connectivity index (χ1) is 9.53. The largest absolute Gasteiger partial charge is 0.339 e. The molecule has 1 unspecified atom stereocenters. The van der Waals surface area contributed by atoms with Crippen molar-refractivity contribution in [1.82, 2.24) is 4.90 Å². The van der Waals surface area contributed by atoms with E-state index in [1.807, 2.05) is 13.8 Å². The first kappa shape index (κ1) is 16.2. The fourth-order valence-electron chi connectivity index (χ4n) is 1.76. The van der Waals surface area contributed by atoms with Crippen molar-refractivity contribution in [3.8, 4) is 0 Å². The van der Waals surface area contributed by atoms with Crippen molar-refractivity contribution in [1.29, 1.82) is 0 Å². The van der Waals surface area contributed by atoms with Gasteiger partial charge in [0.2, 0.25) is 5.91 Å². The van der Waals surface area contributed by atoms with Crippen LogP contribution in [0, 0.1) is 5.92 Å². The first-order valence-electron chi connectivity index (χ1n) is 6.93. The van der Waals surface area contributed by atoms with Gasteiger partial charge in [-0.05, 0) is 38.1 Å². The third-order valence-electron chi connectivity index (χ3n) is 3.25. The molecule has 0 aliphatic heterocycles. The Morgan fingerprint density at radius 1 is 1.20 bits per heavy atom. The van der Waals surface area contributed by atoms with E-state index in [0.29, 0.717) is 30.9 Å². The highest BCUT2D eigenvalue weighted by atomic mass is 16.2. The van der Waals surface area contributed by atoms with Crippen molar-refractivity contribution in [3.63, 3.8) is 0 Å². The predicted octanol–water partition coefficient (Wildman–Crippen LogP) is 1.70. The molecule has 1 aromatic carbocycles. The third kappa shape index (κ3) is 4.06. The Balaban J connectivity index is 2.74. The highest BCUT2D eigenvalue weighted by Gasteiger charge is 2.13. The molecule has 0 aliphatic carbocycles. The van der Waals surface area contributed by atoms with E-state index in [1.54, 1.807) is 36.1 Å². The van der Waals surface area contributed by atoms with Gasteiger partial charge in [-0.1, -0.05) is 6.92 Å². The Kier molecular flexibility index (Phi) is 6.18. The molecule has 110 valence electrons. The second-order valence-electron chi connectivity index (χ2n) is 4.68. The number of hydrogen-bond donors (Lipinski definition) is 2. The molecule has 0 aliphatic rings. The molecule has 0 radical (unpaired) electrons. The zero-order valence-corrected chi connectivity index (χ0v) is 12.3. The van der Waals surface area contributed by atoms with Gasteiger partial charge in [-0.15, -0.1) is 0 Å². The van der Waals surface area contributed by atoms with Crippen molar-refractivity contribution < 1.29 is 9.59 Å². The van der Waals surface area contributed by atoms with Crippen LogP contribution in [0.3, 0.4) is 0 Å². The summed E-state index contributed by atoms with van der Waals surface area (Å²) in [6.07, 6.45) is 0. The van der Waals surface area contributed by atoms with E-state index in [2.05, 4.69) is 5.32 Å². The Hall–Kier alpha value is -1.88. The number of rotatable bonds is 6. The van der Waals surface area contributed by atoms with Crippen molar-refractivity contribution in [2.75, 3.05) is 25.0 Å². The molecular weight excluding hydrogens is 254 g/mol. The monoisotopic (exact) mass is 277 g/mol. The maximum atomic E-state index is 12.1. The van der Waals surface area contributed by atoms with Gasteiger partial charge in [0.15, 0.2) is 0 Å². The summed E-state index contributed by atoms with van der Waals surface area (Å²) in [6.45, 7) is 7.34. The quantitative estimate of drug-likeness (QED) is 0.831. The van der Waals surface area contributed by atoms with Gasteiger partial charge in [-0.25, -0.2) is 0 Å². The maximum Gasteiger partial charge on any atom is 0.253 e. The van der Waals surface area contributed by atoms with E-state index in [9.17, 15) is 9.59 Å². The molecule has 0 heterocycles. The molecule has 1 atom stereocenters. The number of nitrogens with zero attached hydrogens (tertiary/aromatic N) is 1. The van der Waals surface area contributed by atoms with Gasteiger partial charge >= 0.3 is 0 Å². The number of carbonyl (C=O) groups excluding carboxylic acids is 2. The van der Waals surface area contributed by atoms with Gasteiger partial charge in [0.1, 0.15) is 0 Å². The number of hydrogen-bond acceptors (Lipinski definition) is 3. The summed E-state index contributed by atoms with van der Waals surface area (Å²) in [5, 5.41) is 2.77.